The largest absolute Gasteiger partial charge is 0.348 e. The van der Waals surface area contributed by atoms with Gasteiger partial charge in [-0.25, -0.2) is 4.98 Å². The number of anilines is 1. The molecular weight excluding hydrogens is 266 g/mol. The second kappa shape index (κ2) is 6.90. The number of hydrogen-bond donors (Lipinski definition) is 1. The number of hydrogen-bond acceptors (Lipinski definition) is 4. The van der Waals surface area contributed by atoms with Crippen molar-refractivity contribution in [2.24, 2.45) is 11.3 Å². The van der Waals surface area contributed by atoms with E-state index in [0.717, 1.165) is 26.2 Å². The van der Waals surface area contributed by atoms with Crippen molar-refractivity contribution in [2.75, 3.05) is 24.5 Å². The summed E-state index contributed by atoms with van der Waals surface area (Å²) in [6, 6.07) is 0. The number of nitrogens with one attached hydrogen (secondary N) is 1. The molecule has 1 saturated heterocycles. The topological polar surface area (TPSA) is 28.2 Å². The highest BCUT2D eigenvalue weighted by molar-refractivity contribution is 7.13. The maximum Gasteiger partial charge on any atom is 0.185 e. The van der Waals surface area contributed by atoms with Crippen LogP contribution in [0.1, 0.15) is 52.7 Å². The molecule has 0 spiro atoms. The van der Waals surface area contributed by atoms with Crippen LogP contribution < -0.4 is 10.2 Å². The Bertz CT molecular complexity index is 412. The summed E-state index contributed by atoms with van der Waals surface area (Å²) in [7, 11) is 0. The Labute approximate surface area is 127 Å². The van der Waals surface area contributed by atoms with Crippen molar-refractivity contribution in [3.63, 3.8) is 0 Å². The van der Waals surface area contributed by atoms with Crippen LogP contribution >= 0.6 is 11.3 Å². The van der Waals surface area contributed by atoms with Gasteiger partial charge < -0.3 is 10.2 Å². The summed E-state index contributed by atoms with van der Waals surface area (Å²) in [6.45, 7) is 13.5. The minimum atomic E-state index is 0.494. The fourth-order valence-corrected chi connectivity index (χ4v) is 3.50. The van der Waals surface area contributed by atoms with Crippen molar-refractivity contribution >= 4 is 16.5 Å². The average molecular weight is 295 g/mol. The van der Waals surface area contributed by atoms with Gasteiger partial charge in [-0.2, -0.15) is 0 Å². The second-order valence-electron chi connectivity index (χ2n) is 7.15. The van der Waals surface area contributed by atoms with Crippen molar-refractivity contribution in [2.45, 2.75) is 53.5 Å². The molecule has 114 valence electrons. The molecule has 0 atom stereocenters. The van der Waals surface area contributed by atoms with Gasteiger partial charge in [0.2, 0.25) is 0 Å². The van der Waals surface area contributed by atoms with Crippen molar-refractivity contribution in [3.8, 4) is 0 Å². The quantitative estimate of drug-likeness (QED) is 0.893. The normalized spacial score (nSPS) is 19.4. The van der Waals surface area contributed by atoms with Crippen LogP contribution in [-0.4, -0.2) is 24.6 Å². The molecule has 0 bridgehead atoms. The lowest BCUT2D eigenvalue weighted by molar-refractivity contribution is 0.325. The Balaban J connectivity index is 1.88. The maximum atomic E-state index is 4.80. The molecule has 3 nitrogen and oxygen atoms in total. The molecule has 1 N–H and O–H groups in total. The number of aromatic nitrogens is 1. The molecule has 4 heteroatoms. The van der Waals surface area contributed by atoms with E-state index >= 15 is 0 Å². The SMILES string of the molecule is CC(C)CNCc1csc(N2CCCC(C)(C)CC2)n1. The van der Waals surface area contributed by atoms with Gasteiger partial charge in [0.15, 0.2) is 5.13 Å². The summed E-state index contributed by atoms with van der Waals surface area (Å²) in [5.41, 5.74) is 1.68. The first-order valence-electron chi connectivity index (χ1n) is 7.86. The first-order chi connectivity index (χ1) is 9.46. The highest BCUT2D eigenvalue weighted by Crippen LogP contribution is 2.32. The molecule has 0 saturated carbocycles. The van der Waals surface area contributed by atoms with Crippen LogP contribution in [-0.2, 0) is 6.54 Å². The lowest BCUT2D eigenvalue weighted by Crippen LogP contribution is -2.25. The molecule has 1 fully saturated rings. The number of nitrogens with zero attached hydrogens (tertiary/aromatic N) is 2. The molecule has 20 heavy (non-hydrogen) atoms. The Morgan fingerprint density at radius 2 is 2.15 bits per heavy atom. The van der Waals surface area contributed by atoms with Crippen LogP contribution in [0.3, 0.4) is 0 Å². The molecule has 2 heterocycles. The van der Waals surface area contributed by atoms with E-state index in [1.807, 2.05) is 0 Å². The first kappa shape index (κ1) is 15.8. The fourth-order valence-electron chi connectivity index (χ4n) is 2.63. The third-order valence-electron chi connectivity index (χ3n) is 4.01. The van der Waals surface area contributed by atoms with Gasteiger partial charge in [0, 0.05) is 25.0 Å². The zero-order valence-electron chi connectivity index (χ0n) is 13.4. The predicted molar refractivity (Wildman–Crippen MR) is 88.5 cm³/mol. The van der Waals surface area contributed by atoms with Crippen LogP contribution in [0.4, 0.5) is 5.13 Å². The van der Waals surface area contributed by atoms with E-state index in [-0.39, 0.29) is 0 Å². The molecule has 1 aromatic rings. The second-order valence-corrected chi connectivity index (χ2v) is 7.99. The monoisotopic (exact) mass is 295 g/mol. The average Bonchev–Trinajstić information content (AvgIpc) is 2.74. The molecular formula is C16H29N3S. The van der Waals surface area contributed by atoms with E-state index in [9.17, 15) is 0 Å². The van der Waals surface area contributed by atoms with Gasteiger partial charge in [0.05, 0.1) is 5.69 Å². The lowest BCUT2D eigenvalue weighted by Gasteiger charge is -2.22. The van der Waals surface area contributed by atoms with E-state index in [2.05, 4.69) is 43.3 Å². The predicted octanol–water partition coefficient (Wildman–Crippen LogP) is 3.91. The summed E-state index contributed by atoms with van der Waals surface area (Å²) < 4.78 is 0. The third kappa shape index (κ3) is 4.74. The Morgan fingerprint density at radius 3 is 2.90 bits per heavy atom. The smallest absolute Gasteiger partial charge is 0.185 e. The lowest BCUT2D eigenvalue weighted by atomic mass is 9.85. The number of thiazole rings is 1. The van der Waals surface area contributed by atoms with E-state index < -0.39 is 0 Å². The van der Waals surface area contributed by atoms with Gasteiger partial charge >= 0.3 is 0 Å². The van der Waals surface area contributed by atoms with Crippen LogP contribution in [0.25, 0.3) is 0 Å². The molecule has 1 aromatic heterocycles. The van der Waals surface area contributed by atoms with Crippen molar-refractivity contribution < 1.29 is 0 Å². The molecule has 0 radical (unpaired) electrons. The van der Waals surface area contributed by atoms with Crippen LogP contribution in [0.2, 0.25) is 0 Å². The van der Waals surface area contributed by atoms with Gasteiger partial charge in [-0.3, -0.25) is 0 Å². The fraction of sp³-hybridized carbons (Fsp3) is 0.812. The Morgan fingerprint density at radius 1 is 1.35 bits per heavy atom. The third-order valence-corrected chi connectivity index (χ3v) is 4.96. The van der Waals surface area contributed by atoms with Crippen molar-refractivity contribution in [1.29, 1.82) is 0 Å². The van der Waals surface area contributed by atoms with Gasteiger partial charge in [0.1, 0.15) is 0 Å². The highest BCUT2D eigenvalue weighted by Gasteiger charge is 2.24. The van der Waals surface area contributed by atoms with E-state index in [0.29, 0.717) is 11.3 Å². The molecule has 0 aromatic carbocycles. The zero-order chi connectivity index (χ0) is 14.6. The standard InChI is InChI=1S/C16H29N3S/c1-13(2)10-17-11-14-12-20-15(18-14)19-8-5-6-16(3,4)7-9-19/h12-13,17H,5-11H2,1-4H3. The molecule has 2 rings (SSSR count). The van der Waals surface area contributed by atoms with Gasteiger partial charge in [-0.05, 0) is 37.1 Å². The minimum Gasteiger partial charge on any atom is -0.348 e. The van der Waals surface area contributed by atoms with E-state index in [4.69, 9.17) is 4.98 Å². The molecule has 1 aliphatic heterocycles. The van der Waals surface area contributed by atoms with Crippen LogP contribution in [0, 0.1) is 11.3 Å². The molecule has 0 aliphatic carbocycles. The Hall–Kier alpha value is -0.610. The molecule has 1 aliphatic rings. The molecule has 0 unspecified atom stereocenters. The van der Waals surface area contributed by atoms with Gasteiger partial charge in [-0.15, -0.1) is 11.3 Å². The van der Waals surface area contributed by atoms with Gasteiger partial charge in [-0.1, -0.05) is 27.7 Å². The first-order valence-corrected chi connectivity index (χ1v) is 8.74. The summed E-state index contributed by atoms with van der Waals surface area (Å²) in [5.74, 6) is 0.695. The molecule has 0 amide bonds. The minimum absolute atomic E-state index is 0.494. The number of rotatable bonds is 5. The maximum absolute atomic E-state index is 4.80. The van der Waals surface area contributed by atoms with Crippen LogP contribution in [0.5, 0.6) is 0 Å². The zero-order valence-corrected chi connectivity index (χ0v) is 14.2. The highest BCUT2D eigenvalue weighted by atomic mass is 32.1. The Kier molecular flexibility index (Phi) is 5.44. The van der Waals surface area contributed by atoms with E-state index in [1.54, 1.807) is 11.3 Å². The van der Waals surface area contributed by atoms with E-state index in [1.165, 1.54) is 30.1 Å². The summed E-state index contributed by atoms with van der Waals surface area (Å²) in [6.07, 6.45) is 3.89. The van der Waals surface area contributed by atoms with Gasteiger partial charge in [0.25, 0.3) is 0 Å². The summed E-state index contributed by atoms with van der Waals surface area (Å²) in [4.78, 5) is 7.28. The summed E-state index contributed by atoms with van der Waals surface area (Å²) in [5, 5.41) is 6.89. The summed E-state index contributed by atoms with van der Waals surface area (Å²) >= 11 is 1.80. The van der Waals surface area contributed by atoms with Crippen LogP contribution in [0.15, 0.2) is 5.38 Å². The van der Waals surface area contributed by atoms with Crippen molar-refractivity contribution in [3.05, 3.63) is 11.1 Å². The van der Waals surface area contributed by atoms with Crippen molar-refractivity contribution in [1.82, 2.24) is 10.3 Å².